The molecule has 0 fully saturated rings. The molecule has 0 saturated heterocycles. The molecule has 2 heteroatoms. The Morgan fingerprint density at radius 1 is 1.18 bits per heavy atom. The molecule has 1 N–H and O–H groups in total. The second-order valence-corrected chi connectivity index (χ2v) is 6.41. The van der Waals surface area contributed by atoms with Gasteiger partial charge < -0.3 is 9.90 Å². The van der Waals surface area contributed by atoms with E-state index in [0.29, 0.717) is 5.41 Å². The average molecular weight is 302 g/mol. The smallest absolute Gasteiger partial charge is 0.106 e. The number of aliphatic hydroxyl groups excluding tert-OH is 1. The van der Waals surface area contributed by atoms with Crippen LogP contribution in [0.1, 0.15) is 53.9 Å². The van der Waals surface area contributed by atoms with Gasteiger partial charge in [0.1, 0.15) is 6.79 Å². The lowest BCUT2D eigenvalue weighted by Crippen LogP contribution is -2.19. The van der Waals surface area contributed by atoms with Gasteiger partial charge in [0.05, 0.1) is 6.26 Å². The Labute approximate surface area is 135 Å². The first kappa shape index (κ1) is 20.2. The van der Waals surface area contributed by atoms with Gasteiger partial charge >= 0.3 is 0 Å². The Hall–Kier alpha value is -1.83. The molecule has 22 heavy (non-hydrogen) atoms. The van der Waals surface area contributed by atoms with Crippen LogP contribution in [0.25, 0.3) is 0 Å². The highest BCUT2D eigenvalue weighted by Crippen LogP contribution is 2.40. The van der Waals surface area contributed by atoms with Crippen LogP contribution in [0.3, 0.4) is 0 Å². The largest absolute Gasteiger partial charge is 0.515 e. The molecular weight excluding hydrogens is 272 g/mol. The van der Waals surface area contributed by atoms with Gasteiger partial charge in [-0.15, -0.1) is 0 Å². The van der Waals surface area contributed by atoms with E-state index in [1.165, 1.54) is 36.0 Å². The fourth-order valence-corrected chi connectivity index (χ4v) is 2.68. The Kier molecular flexibility index (Phi) is 9.16. The minimum atomic E-state index is 0.297. The standard InChI is InChI=1S/C19H28O.CH2O/c1-15(8-6-9-16(2)14-20)11-12-18-17(3)10-7-13-19(18,4)5;1-2/h6,8-9,11-12,14,20H,7,10,13H2,1-5H3;1H2/b9-6+,12-11+,15-8+,16-14+;. The van der Waals surface area contributed by atoms with Crippen LogP contribution >= 0.6 is 0 Å². The summed E-state index contributed by atoms with van der Waals surface area (Å²) in [6.45, 7) is 12.9. The van der Waals surface area contributed by atoms with E-state index in [-0.39, 0.29) is 0 Å². The zero-order chi connectivity index (χ0) is 17.2. The van der Waals surface area contributed by atoms with Gasteiger partial charge in [0.15, 0.2) is 0 Å². The molecule has 0 heterocycles. The van der Waals surface area contributed by atoms with Gasteiger partial charge in [-0.2, -0.15) is 0 Å². The van der Waals surface area contributed by atoms with Crippen molar-refractivity contribution in [1.29, 1.82) is 0 Å². The fourth-order valence-electron chi connectivity index (χ4n) is 2.68. The summed E-state index contributed by atoms with van der Waals surface area (Å²) in [7, 11) is 0. The summed E-state index contributed by atoms with van der Waals surface area (Å²) in [5.74, 6) is 0. The zero-order valence-corrected chi connectivity index (χ0v) is 14.6. The Morgan fingerprint density at radius 3 is 2.36 bits per heavy atom. The molecule has 0 aromatic carbocycles. The molecule has 2 nitrogen and oxygen atoms in total. The SMILES string of the molecule is C=O.CC1=C(/C=C/C(C)=C/C=C/C(C)=C/O)C(C)(C)CCC1. The molecule has 1 rings (SSSR count). The number of rotatable bonds is 4. The molecule has 0 amide bonds. The summed E-state index contributed by atoms with van der Waals surface area (Å²) in [5, 5.41) is 8.81. The molecule has 0 radical (unpaired) electrons. The van der Waals surface area contributed by atoms with E-state index in [4.69, 9.17) is 9.90 Å². The van der Waals surface area contributed by atoms with Gasteiger partial charge in [-0.25, -0.2) is 0 Å². The van der Waals surface area contributed by atoms with E-state index < -0.39 is 0 Å². The van der Waals surface area contributed by atoms with Crippen LogP contribution in [0.4, 0.5) is 0 Å². The van der Waals surface area contributed by atoms with Crippen molar-refractivity contribution < 1.29 is 9.90 Å². The predicted molar refractivity (Wildman–Crippen MR) is 95.9 cm³/mol. The first-order valence-corrected chi connectivity index (χ1v) is 7.70. The molecule has 0 spiro atoms. The fraction of sp³-hybridized carbons (Fsp3) is 0.450. The summed E-state index contributed by atoms with van der Waals surface area (Å²) in [5.41, 5.74) is 5.39. The first-order chi connectivity index (χ1) is 10.4. The van der Waals surface area contributed by atoms with E-state index in [1.54, 1.807) is 0 Å². The molecule has 1 aliphatic rings. The maximum atomic E-state index is 8.81. The summed E-state index contributed by atoms with van der Waals surface area (Å²) in [6, 6.07) is 0. The van der Waals surface area contributed by atoms with E-state index in [0.717, 1.165) is 11.8 Å². The average Bonchev–Trinajstić information content (AvgIpc) is 2.48. The van der Waals surface area contributed by atoms with E-state index >= 15 is 0 Å². The molecular formula is C20H30O2. The van der Waals surface area contributed by atoms with E-state index in [2.05, 4.69) is 45.9 Å². The maximum absolute atomic E-state index is 8.81. The van der Waals surface area contributed by atoms with Crippen molar-refractivity contribution in [3.63, 3.8) is 0 Å². The Morgan fingerprint density at radius 2 is 1.82 bits per heavy atom. The molecule has 0 aromatic rings. The van der Waals surface area contributed by atoms with Crippen molar-refractivity contribution in [2.24, 2.45) is 5.41 Å². The molecule has 0 atom stereocenters. The van der Waals surface area contributed by atoms with Crippen LogP contribution in [0.2, 0.25) is 0 Å². The highest BCUT2D eigenvalue weighted by molar-refractivity contribution is 5.37. The lowest BCUT2D eigenvalue weighted by atomic mass is 9.72. The highest BCUT2D eigenvalue weighted by Gasteiger charge is 2.26. The van der Waals surface area contributed by atoms with Crippen LogP contribution in [0.5, 0.6) is 0 Å². The predicted octanol–water partition coefficient (Wildman–Crippen LogP) is 5.85. The number of carbonyl (C=O) groups excluding carboxylic acids is 1. The molecule has 0 aromatic heterocycles. The summed E-state index contributed by atoms with van der Waals surface area (Å²) in [4.78, 5) is 8.00. The lowest BCUT2D eigenvalue weighted by Gasteiger charge is -2.32. The van der Waals surface area contributed by atoms with Crippen LogP contribution in [-0.4, -0.2) is 11.9 Å². The molecule has 0 unspecified atom stereocenters. The van der Waals surface area contributed by atoms with E-state index in [9.17, 15) is 0 Å². The lowest BCUT2D eigenvalue weighted by molar-refractivity contribution is -0.0979. The van der Waals surface area contributed by atoms with Gasteiger partial charge in [0, 0.05) is 0 Å². The van der Waals surface area contributed by atoms with Crippen LogP contribution < -0.4 is 0 Å². The van der Waals surface area contributed by atoms with Crippen molar-refractivity contribution >= 4 is 6.79 Å². The minimum Gasteiger partial charge on any atom is -0.515 e. The Bertz CT molecular complexity index is 500. The van der Waals surface area contributed by atoms with Crippen molar-refractivity contribution in [2.75, 3.05) is 0 Å². The highest BCUT2D eigenvalue weighted by atomic mass is 16.2. The molecule has 0 aliphatic heterocycles. The zero-order valence-electron chi connectivity index (χ0n) is 14.6. The van der Waals surface area contributed by atoms with Crippen molar-refractivity contribution in [3.8, 4) is 0 Å². The maximum Gasteiger partial charge on any atom is 0.106 e. The number of allylic oxidation sites excluding steroid dienone is 9. The second-order valence-electron chi connectivity index (χ2n) is 6.41. The molecule has 122 valence electrons. The number of hydrogen-bond donors (Lipinski definition) is 1. The molecule has 0 saturated carbocycles. The monoisotopic (exact) mass is 302 g/mol. The van der Waals surface area contributed by atoms with Gasteiger partial charge in [0.25, 0.3) is 0 Å². The van der Waals surface area contributed by atoms with Crippen molar-refractivity contribution in [3.05, 3.63) is 58.9 Å². The first-order valence-electron chi connectivity index (χ1n) is 7.70. The van der Waals surface area contributed by atoms with Gasteiger partial charge in [-0.05, 0) is 56.6 Å². The summed E-state index contributed by atoms with van der Waals surface area (Å²) >= 11 is 0. The number of carbonyl (C=O) groups is 1. The van der Waals surface area contributed by atoms with Crippen LogP contribution in [0, 0.1) is 5.41 Å². The van der Waals surface area contributed by atoms with E-state index in [1.807, 2.05) is 25.9 Å². The summed E-state index contributed by atoms with van der Waals surface area (Å²) in [6.07, 6.45) is 15.3. The quantitative estimate of drug-likeness (QED) is 0.522. The molecule has 1 aliphatic carbocycles. The Balaban J connectivity index is 0.00000211. The normalized spacial score (nSPS) is 19.5. The third-order valence-corrected chi connectivity index (χ3v) is 3.98. The third-order valence-electron chi connectivity index (χ3n) is 3.98. The topological polar surface area (TPSA) is 37.3 Å². The van der Waals surface area contributed by atoms with Gasteiger partial charge in [-0.1, -0.05) is 55.4 Å². The van der Waals surface area contributed by atoms with Crippen LogP contribution in [0.15, 0.2) is 58.9 Å². The number of hydrogen-bond acceptors (Lipinski definition) is 2. The van der Waals surface area contributed by atoms with Crippen molar-refractivity contribution in [1.82, 2.24) is 0 Å². The molecule has 0 bridgehead atoms. The van der Waals surface area contributed by atoms with Gasteiger partial charge in [0.2, 0.25) is 0 Å². The van der Waals surface area contributed by atoms with Crippen LogP contribution in [-0.2, 0) is 4.79 Å². The van der Waals surface area contributed by atoms with Crippen molar-refractivity contribution in [2.45, 2.75) is 53.9 Å². The van der Waals surface area contributed by atoms with Gasteiger partial charge in [-0.3, -0.25) is 0 Å². The minimum absolute atomic E-state index is 0.297. The third kappa shape index (κ3) is 6.75. The summed E-state index contributed by atoms with van der Waals surface area (Å²) < 4.78 is 0. The number of aliphatic hydroxyl groups is 1. The second kappa shape index (κ2) is 9.99.